The molecule has 18 heavy (non-hydrogen) atoms. The molecule has 0 aliphatic carbocycles. The Morgan fingerprint density at radius 1 is 1.39 bits per heavy atom. The molecule has 0 spiro atoms. The second-order valence-corrected chi connectivity index (χ2v) is 4.38. The molecule has 0 saturated carbocycles. The van der Waals surface area contributed by atoms with Crippen LogP contribution in [0.1, 0.15) is 0 Å². The van der Waals surface area contributed by atoms with Crippen molar-refractivity contribution >= 4 is 17.4 Å². The summed E-state index contributed by atoms with van der Waals surface area (Å²) in [7, 11) is 1.67. The predicted octanol–water partition coefficient (Wildman–Crippen LogP) is -0.468. The van der Waals surface area contributed by atoms with Crippen LogP contribution in [-0.2, 0) is 4.79 Å². The van der Waals surface area contributed by atoms with Gasteiger partial charge in [-0.15, -0.1) is 0 Å². The first kappa shape index (κ1) is 12.6. The molecule has 3 N–H and O–H groups in total. The first-order chi connectivity index (χ1) is 8.69. The van der Waals surface area contributed by atoms with Gasteiger partial charge in [0.25, 0.3) is 0 Å². The number of anilines is 2. The van der Waals surface area contributed by atoms with Gasteiger partial charge in [0.05, 0.1) is 18.4 Å². The maximum atomic E-state index is 11.3. The van der Waals surface area contributed by atoms with Gasteiger partial charge in [0.2, 0.25) is 5.91 Å². The minimum atomic E-state index is 0.0672. The molecular weight excluding hydrogens is 230 g/mol. The average molecular weight is 249 g/mol. The van der Waals surface area contributed by atoms with Crippen molar-refractivity contribution < 1.29 is 4.79 Å². The zero-order valence-electron chi connectivity index (χ0n) is 10.6. The highest BCUT2D eigenvalue weighted by Crippen LogP contribution is 2.15. The van der Waals surface area contributed by atoms with Gasteiger partial charge >= 0.3 is 0 Å². The summed E-state index contributed by atoms with van der Waals surface area (Å²) in [6.07, 6.45) is 1.80. The summed E-state index contributed by atoms with van der Waals surface area (Å²) in [5.74, 6) is 0.606. The van der Waals surface area contributed by atoms with Crippen LogP contribution in [0.4, 0.5) is 11.5 Å². The molecule has 1 aromatic rings. The quantitative estimate of drug-likeness (QED) is 0.757. The van der Waals surface area contributed by atoms with Crippen LogP contribution < -0.4 is 16.0 Å². The van der Waals surface area contributed by atoms with E-state index in [-0.39, 0.29) is 5.91 Å². The lowest BCUT2D eigenvalue weighted by Gasteiger charge is -2.35. The van der Waals surface area contributed by atoms with E-state index >= 15 is 0 Å². The fraction of sp³-hybridized carbons (Fsp3) is 0.500. The Kier molecular flexibility index (Phi) is 3.99. The molecule has 1 amide bonds. The molecule has 0 aromatic carbocycles. The lowest BCUT2D eigenvalue weighted by atomic mass is 10.2. The van der Waals surface area contributed by atoms with Crippen molar-refractivity contribution in [3.05, 3.63) is 18.3 Å². The number of carbonyl (C=O) groups excluding carboxylic acids is 1. The number of hydrogen-bond acceptors (Lipinski definition) is 5. The van der Waals surface area contributed by atoms with E-state index in [1.54, 1.807) is 13.2 Å². The molecule has 1 aliphatic rings. The maximum absolute atomic E-state index is 11.3. The number of pyridine rings is 1. The molecule has 6 nitrogen and oxygen atoms in total. The highest BCUT2D eigenvalue weighted by Gasteiger charge is 2.18. The molecule has 0 unspecified atom stereocenters. The fourth-order valence-electron chi connectivity index (χ4n) is 2.03. The third-order valence-electron chi connectivity index (χ3n) is 3.15. The monoisotopic (exact) mass is 249 g/mol. The number of hydrogen-bond donors (Lipinski definition) is 2. The average Bonchev–Trinajstić information content (AvgIpc) is 2.40. The summed E-state index contributed by atoms with van der Waals surface area (Å²) < 4.78 is 0. The van der Waals surface area contributed by atoms with Gasteiger partial charge in [0.1, 0.15) is 5.82 Å². The number of amides is 1. The van der Waals surface area contributed by atoms with Crippen LogP contribution in [0.3, 0.4) is 0 Å². The predicted molar refractivity (Wildman–Crippen MR) is 71.4 cm³/mol. The number of nitrogens with zero attached hydrogens (tertiary/aromatic N) is 3. The molecular formula is C12H19N5O. The van der Waals surface area contributed by atoms with Crippen molar-refractivity contribution in [2.45, 2.75) is 0 Å². The molecule has 1 saturated heterocycles. The molecule has 1 aliphatic heterocycles. The van der Waals surface area contributed by atoms with Crippen LogP contribution in [0.5, 0.6) is 0 Å². The Labute approximate surface area is 107 Å². The Bertz CT molecular complexity index is 397. The minimum absolute atomic E-state index is 0.0672. The Balaban J connectivity index is 1.86. The largest absolute Gasteiger partial charge is 0.384 e. The number of aromatic nitrogens is 1. The molecule has 2 heterocycles. The normalized spacial score (nSPS) is 16.6. The van der Waals surface area contributed by atoms with E-state index in [1.807, 2.05) is 12.1 Å². The third kappa shape index (κ3) is 3.10. The van der Waals surface area contributed by atoms with Crippen LogP contribution in [-0.4, -0.2) is 55.6 Å². The van der Waals surface area contributed by atoms with E-state index in [1.165, 1.54) is 0 Å². The molecule has 98 valence electrons. The highest BCUT2D eigenvalue weighted by molar-refractivity contribution is 5.77. The van der Waals surface area contributed by atoms with Crippen molar-refractivity contribution in [3.8, 4) is 0 Å². The molecule has 1 aromatic heterocycles. The number of likely N-dealkylation sites (N-methyl/N-ethyl adjacent to an activating group) is 1. The number of nitrogen functional groups attached to an aromatic ring is 1. The summed E-state index contributed by atoms with van der Waals surface area (Å²) in [5, 5.41) is 2.64. The number of nitrogens with two attached hydrogens (primary N) is 1. The summed E-state index contributed by atoms with van der Waals surface area (Å²) in [5.41, 5.74) is 6.65. The Morgan fingerprint density at radius 2 is 2.11 bits per heavy atom. The summed E-state index contributed by atoms with van der Waals surface area (Å²) in [6.45, 7) is 4.06. The zero-order chi connectivity index (χ0) is 13.0. The molecule has 1 fully saturated rings. The van der Waals surface area contributed by atoms with E-state index < -0.39 is 0 Å². The summed E-state index contributed by atoms with van der Waals surface area (Å²) in [4.78, 5) is 19.8. The van der Waals surface area contributed by atoms with Gasteiger partial charge in [-0.2, -0.15) is 0 Å². The molecule has 2 rings (SSSR count). The molecule has 0 radical (unpaired) electrons. The Hall–Kier alpha value is -1.82. The van der Waals surface area contributed by atoms with Crippen molar-refractivity contribution in [2.75, 3.05) is 50.4 Å². The molecule has 0 atom stereocenters. The van der Waals surface area contributed by atoms with Crippen molar-refractivity contribution in [1.82, 2.24) is 15.2 Å². The second kappa shape index (κ2) is 5.68. The smallest absolute Gasteiger partial charge is 0.233 e. The van der Waals surface area contributed by atoms with E-state index in [0.717, 1.165) is 31.9 Å². The first-order valence-electron chi connectivity index (χ1n) is 6.08. The van der Waals surface area contributed by atoms with Crippen LogP contribution in [0.25, 0.3) is 0 Å². The summed E-state index contributed by atoms with van der Waals surface area (Å²) in [6, 6.07) is 3.79. The van der Waals surface area contributed by atoms with Gasteiger partial charge in [-0.25, -0.2) is 4.98 Å². The van der Waals surface area contributed by atoms with Gasteiger partial charge in [-0.3, -0.25) is 9.69 Å². The van der Waals surface area contributed by atoms with E-state index in [0.29, 0.717) is 12.4 Å². The van der Waals surface area contributed by atoms with Crippen molar-refractivity contribution in [3.63, 3.8) is 0 Å². The topological polar surface area (TPSA) is 74.5 Å². The van der Waals surface area contributed by atoms with Gasteiger partial charge in [0.15, 0.2) is 0 Å². The van der Waals surface area contributed by atoms with E-state index in [9.17, 15) is 4.79 Å². The van der Waals surface area contributed by atoms with Crippen LogP contribution in [0.15, 0.2) is 18.3 Å². The first-order valence-corrected chi connectivity index (χ1v) is 6.08. The number of carbonyl (C=O) groups is 1. The third-order valence-corrected chi connectivity index (χ3v) is 3.15. The standard InChI is InChI=1S/C12H19N5O/c1-14-12(18)9-16-4-6-17(7-5-16)10-2-3-11(13)15-8-10/h2-3,8H,4-7,9H2,1H3,(H2,13,15)(H,14,18). The van der Waals surface area contributed by atoms with Gasteiger partial charge in [0, 0.05) is 33.2 Å². The highest BCUT2D eigenvalue weighted by atomic mass is 16.1. The van der Waals surface area contributed by atoms with Crippen LogP contribution >= 0.6 is 0 Å². The van der Waals surface area contributed by atoms with Crippen molar-refractivity contribution in [2.24, 2.45) is 0 Å². The van der Waals surface area contributed by atoms with Gasteiger partial charge < -0.3 is 16.0 Å². The van der Waals surface area contributed by atoms with Crippen molar-refractivity contribution in [1.29, 1.82) is 0 Å². The maximum Gasteiger partial charge on any atom is 0.233 e. The fourth-order valence-corrected chi connectivity index (χ4v) is 2.03. The number of nitrogens with one attached hydrogen (secondary N) is 1. The van der Waals surface area contributed by atoms with Gasteiger partial charge in [-0.1, -0.05) is 0 Å². The van der Waals surface area contributed by atoms with E-state index in [2.05, 4.69) is 20.1 Å². The summed E-state index contributed by atoms with van der Waals surface area (Å²) >= 11 is 0. The van der Waals surface area contributed by atoms with Crippen LogP contribution in [0.2, 0.25) is 0 Å². The number of rotatable bonds is 3. The minimum Gasteiger partial charge on any atom is -0.384 e. The van der Waals surface area contributed by atoms with E-state index in [4.69, 9.17) is 5.73 Å². The molecule has 0 bridgehead atoms. The van der Waals surface area contributed by atoms with Crippen LogP contribution in [0, 0.1) is 0 Å². The SMILES string of the molecule is CNC(=O)CN1CCN(c2ccc(N)nc2)CC1. The zero-order valence-corrected chi connectivity index (χ0v) is 10.6. The second-order valence-electron chi connectivity index (χ2n) is 4.38. The number of piperazine rings is 1. The van der Waals surface area contributed by atoms with Gasteiger partial charge in [-0.05, 0) is 12.1 Å². The lowest BCUT2D eigenvalue weighted by Crippen LogP contribution is -2.49. The molecule has 6 heteroatoms. The lowest BCUT2D eigenvalue weighted by molar-refractivity contribution is -0.121. The Morgan fingerprint density at radius 3 is 2.67 bits per heavy atom.